The van der Waals surface area contributed by atoms with Gasteiger partial charge in [-0.25, -0.2) is 4.98 Å². The van der Waals surface area contributed by atoms with Crippen LogP contribution >= 0.6 is 0 Å². The molecule has 2 heteroatoms. The molecular formula is C8H10N2. The van der Waals surface area contributed by atoms with Crippen molar-refractivity contribution in [3.05, 3.63) is 30.9 Å². The molecule has 0 unspecified atom stereocenters. The Morgan fingerprint density at radius 3 is 3.10 bits per heavy atom. The van der Waals surface area contributed by atoms with Crippen LogP contribution in [-0.2, 0) is 0 Å². The molecule has 0 aliphatic heterocycles. The van der Waals surface area contributed by atoms with E-state index in [0.29, 0.717) is 0 Å². The van der Waals surface area contributed by atoms with Crippen LogP contribution in [0.15, 0.2) is 25.0 Å². The average molecular weight is 134 g/mol. The van der Waals surface area contributed by atoms with Gasteiger partial charge < -0.3 is 4.57 Å². The molecular weight excluding hydrogens is 124 g/mol. The minimum absolute atomic E-state index is 0.873. The summed E-state index contributed by atoms with van der Waals surface area (Å²) in [7, 11) is 0. The van der Waals surface area contributed by atoms with Gasteiger partial charge in [0.25, 0.3) is 0 Å². The lowest BCUT2D eigenvalue weighted by Crippen LogP contribution is -1.86. The summed E-state index contributed by atoms with van der Waals surface area (Å²) in [6, 6.07) is 0. The summed E-state index contributed by atoms with van der Waals surface area (Å²) in [4.78, 5) is 4.05. The first-order valence-electron chi connectivity index (χ1n) is 3.16. The highest BCUT2D eigenvalue weighted by atomic mass is 15.0. The van der Waals surface area contributed by atoms with Crippen LogP contribution in [0.1, 0.15) is 12.7 Å². The second kappa shape index (κ2) is 3.01. The van der Waals surface area contributed by atoms with Gasteiger partial charge >= 0.3 is 0 Å². The van der Waals surface area contributed by atoms with Crippen molar-refractivity contribution in [3.63, 3.8) is 0 Å². The second-order valence-electron chi connectivity index (χ2n) is 1.88. The van der Waals surface area contributed by atoms with E-state index in [4.69, 9.17) is 0 Å². The molecule has 0 aliphatic rings. The second-order valence-corrected chi connectivity index (χ2v) is 1.88. The summed E-state index contributed by atoms with van der Waals surface area (Å²) in [5.74, 6) is 0.873. The highest BCUT2D eigenvalue weighted by Gasteiger charge is 1.90. The largest absolute Gasteiger partial charge is 0.307 e. The molecule has 0 bridgehead atoms. The number of allylic oxidation sites excluding steroid dienone is 1. The van der Waals surface area contributed by atoms with Crippen molar-refractivity contribution in [2.75, 3.05) is 0 Å². The fourth-order valence-electron chi connectivity index (χ4n) is 0.769. The lowest BCUT2D eigenvalue weighted by molar-refractivity contribution is 1.10. The van der Waals surface area contributed by atoms with Gasteiger partial charge in [0.05, 0.1) is 0 Å². The van der Waals surface area contributed by atoms with Crippen molar-refractivity contribution < 1.29 is 0 Å². The van der Waals surface area contributed by atoms with E-state index in [2.05, 4.69) is 11.6 Å². The van der Waals surface area contributed by atoms with Crippen molar-refractivity contribution in [1.29, 1.82) is 0 Å². The van der Waals surface area contributed by atoms with E-state index in [0.717, 1.165) is 5.82 Å². The zero-order chi connectivity index (χ0) is 7.40. The summed E-state index contributed by atoms with van der Waals surface area (Å²) in [5.41, 5.74) is 0. The molecule has 2 nitrogen and oxygen atoms in total. The molecule has 0 aromatic carbocycles. The fraction of sp³-hybridized carbons (Fsp3) is 0.125. The van der Waals surface area contributed by atoms with Gasteiger partial charge in [-0.15, -0.1) is 0 Å². The molecule has 10 heavy (non-hydrogen) atoms. The average Bonchev–Trinajstić information content (AvgIpc) is 2.36. The van der Waals surface area contributed by atoms with E-state index < -0.39 is 0 Å². The monoisotopic (exact) mass is 134 g/mol. The van der Waals surface area contributed by atoms with Gasteiger partial charge in [-0.05, 0) is 13.0 Å². The van der Waals surface area contributed by atoms with Gasteiger partial charge in [0.15, 0.2) is 0 Å². The van der Waals surface area contributed by atoms with E-state index in [1.165, 1.54) is 0 Å². The summed E-state index contributed by atoms with van der Waals surface area (Å²) >= 11 is 0. The topological polar surface area (TPSA) is 17.8 Å². The number of nitrogens with zero attached hydrogens (tertiary/aromatic N) is 2. The minimum Gasteiger partial charge on any atom is -0.307 e. The fourth-order valence-corrected chi connectivity index (χ4v) is 0.769. The predicted octanol–water partition coefficient (Wildman–Crippen LogP) is 2.02. The molecule has 52 valence electrons. The van der Waals surface area contributed by atoms with Crippen LogP contribution in [-0.4, -0.2) is 9.55 Å². The van der Waals surface area contributed by atoms with Crippen LogP contribution in [0.2, 0.25) is 0 Å². The Balaban J connectivity index is 3.00. The first kappa shape index (κ1) is 6.81. The van der Waals surface area contributed by atoms with Crippen molar-refractivity contribution in [2.45, 2.75) is 6.92 Å². The SMILES string of the molecule is C=Cc1nccn1/C=C\C. The summed E-state index contributed by atoms with van der Waals surface area (Å²) in [6.07, 6.45) is 9.24. The van der Waals surface area contributed by atoms with Crippen molar-refractivity contribution >= 4 is 12.3 Å². The lowest BCUT2D eigenvalue weighted by Gasteiger charge is -1.93. The van der Waals surface area contributed by atoms with Gasteiger partial charge in [-0.3, -0.25) is 0 Å². The Morgan fingerprint density at radius 1 is 1.70 bits per heavy atom. The third-order valence-electron chi connectivity index (χ3n) is 1.19. The molecule has 0 radical (unpaired) electrons. The quantitative estimate of drug-likeness (QED) is 0.605. The number of hydrogen-bond donors (Lipinski definition) is 0. The molecule has 0 atom stereocenters. The van der Waals surface area contributed by atoms with Crippen molar-refractivity contribution in [3.8, 4) is 0 Å². The highest BCUT2D eigenvalue weighted by molar-refractivity contribution is 5.42. The Labute approximate surface area is 60.5 Å². The number of hydrogen-bond acceptors (Lipinski definition) is 1. The molecule has 0 amide bonds. The maximum Gasteiger partial charge on any atom is 0.136 e. The normalized spacial score (nSPS) is 10.5. The van der Waals surface area contributed by atoms with Gasteiger partial charge in [0.1, 0.15) is 5.82 Å². The van der Waals surface area contributed by atoms with E-state index in [-0.39, 0.29) is 0 Å². The van der Waals surface area contributed by atoms with E-state index in [1.54, 1.807) is 12.3 Å². The Kier molecular flexibility index (Phi) is 2.05. The molecule has 0 N–H and O–H groups in total. The van der Waals surface area contributed by atoms with Gasteiger partial charge in [0.2, 0.25) is 0 Å². The number of rotatable bonds is 2. The maximum atomic E-state index is 4.05. The zero-order valence-electron chi connectivity index (χ0n) is 5.99. The van der Waals surface area contributed by atoms with Gasteiger partial charge in [0, 0.05) is 18.6 Å². The molecule has 0 aliphatic carbocycles. The predicted molar refractivity (Wildman–Crippen MR) is 43.3 cm³/mol. The van der Waals surface area contributed by atoms with Crippen LogP contribution in [0.4, 0.5) is 0 Å². The molecule has 1 aromatic heterocycles. The Hall–Kier alpha value is -1.31. The third kappa shape index (κ3) is 1.16. The van der Waals surface area contributed by atoms with Gasteiger partial charge in [-0.1, -0.05) is 12.7 Å². The molecule has 1 rings (SSSR count). The summed E-state index contributed by atoms with van der Waals surface area (Å²) in [5, 5.41) is 0. The van der Waals surface area contributed by atoms with Crippen molar-refractivity contribution in [1.82, 2.24) is 9.55 Å². The smallest absolute Gasteiger partial charge is 0.136 e. The van der Waals surface area contributed by atoms with Crippen molar-refractivity contribution in [2.24, 2.45) is 0 Å². The van der Waals surface area contributed by atoms with E-state index >= 15 is 0 Å². The minimum atomic E-state index is 0.873. The summed E-state index contributed by atoms with van der Waals surface area (Å²) < 4.78 is 1.91. The first-order valence-corrected chi connectivity index (χ1v) is 3.16. The number of imidazole rings is 1. The maximum absolute atomic E-state index is 4.05. The molecule has 0 saturated heterocycles. The van der Waals surface area contributed by atoms with E-state index in [9.17, 15) is 0 Å². The molecule has 0 spiro atoms. The summed E-state index contributed by atoms with van der Waals surface area (Å²) in [6.45, 7) is 5.59. The molecule has 1 aromatic rings. The molecule has 0 saturated carbocycles. The highest BCUT2D eigenvalue weighted by Crippen LogP contribution is 1.98. The van der Waals surface area contributed by atoms with Crippen LogP contribution < -0.4 is 0 Å². The van der Waals surface area contributed by atoms with Crippen LogP contribution in [0.3, 0.4) is 0 Å². The third-order valence-corrected chi connectivity index (χ3v) is 1.19. The van der Waals surface area contributed by atoms with Crippen LogP contribution in [0.5, 0.6) is 0 Å². The standard InChI is InChI=1S/C8H10N2/c1-3-6-10-7-5-9-8(10)4-2/h3-7H,2H2,1H3/b6-3-. The lowest BCUT2D eigenvalue weighted by atomic mass is 10.6. The molecule has 0 fully saturated rings. The number of aromatic nitrogens is 2. The van der Waals surface area contributed by atoms with Gasteiger partial charge in [-0.2, -0.15) is 0 Å². The van der Waals surface area contributed by atoms with Crippen LogP contribution in [0, 0.1) is 0 Å². The van der Waals surface area contributed by atoms with Crippen LogP contribution in [0.25, 0.3) is 12.3 Å². The first-order chi connectivity index (χ1) is 4.88. The zero-order valence-corrected chi connectivity index (χ0v) is 5.99. The Bertz CT molecular complexity index is 246. The van der Waals surface area contributed by atoms with E-state index in [1.807, 2.05) is 30.0 Å². The Morgan fingerprint density at radius 2 is 2.50 bits per heavy atom. The molecule has 1 heterocycles.